The molecule has 0 saturated carbocycles. The van der Waals surface area contributed by atoms with Crippen LogP contribution in [0.4, 0.5) is 11.6 Å². The summed E-state index contributed by atoms with van der Waals surface area (Å²) in [6, 6.07) is 16.5. The molecule has 3 rings (SSSR count). The van der Waals surface area contributed by atoms with E-state index in [1.807, 2.05) is 48.5 Å². The molecule has 0 aliphatic carbocycles. The largest absolute Gasteiger partial charge is 0.497 e. The van der Waals surface area contributed by atoms with Crippen molar-refractivity contribution >= 4 is 11.6 Å². The molecule has 2 N–H and O–H groups in total. The van der Waals surface area contributed by atoms with Crippen molar-refractivity contribution in [3.63, 3.8) is 0 Å². The number of hydrogen-bond acceptors (Lipinski definition) is 5. The van der Waals surface area contributed by atoms with Gasteiger partial charge in [-0.3, -0.25) is 9.78 Å². The first-order chi connectivity index (χ1) is 10.8. The van der Waals surface area contributed by atoms with Gasteiger partial charge in [0.05, 0.1) is 7.11 Å². The number of rotatable bonds is 4. The molecule has 2 aromatic carbocycles. The summed E-state index contributed by atoms with van der Waals surface area (Å²) in [6.45, 7) is 0. The minimum atomic E-state index is -0.299. The summed E-state index contributed by atoms with van der Waals surface area (Å²) in [4.78, 5) is 14.8. The Morgan fingerprint density at radius 3 is 2.59 bits per heavy atom. The number of aromatic amines is 1. The molecule has 0 aliphatic rings. The van der Waals surface area contributed by atoms with Gasteiger partial charge in [-0.25, -0.2) is 0 Å². The lowest BCUT2D eigenvalue weighted by molar-refractivity contribution is 0.415. The van der Waals surface area contributed by atoms with Crippen molar-refractivity contribution in [2.75, 3.05) is 12.4 Å². The zero-order valence-corrected chi connectivity index (χ0v) is 11.9. The van der Waals surface area contributed by atoms with E-state index in [4.69, 9.17) is 4.74 Å². The zero-order chi connectivity index (χ0) is 15.4. The number of nitrogens with zero attached hydrogens (tertiary/aromatic N) is 2. The summed E-state index contributed by atoms with van der Waals surface area (Å²) < 4.78 is 5.15. The van der Waals surface area contributed by atoms with Crippen LogP contribution in [0.2, 0.25) is 0 Å². The van der Waals surface area contributed by atoms with Gasteiger partial charge in [0.2, 0.25) is 5.95 Å². The molecule has 0 atom stereocenters. The molecule has 6 heteroatoms. The monoisotopic (exact) mass is 294 g/mol. The van der Waals surface area contributed by atoms with E-state index in [1.54, 1.807) is 13.2 Å². The van der Waals surface area contributed by atoms with Gasteiger partial charge in [0.1, 0.15) is 5.75 Å². The van der Waals surface area contributed by atoms with Gasteiger partial charge in [-0.15, -0.1) is 10.2 Å². The number of aromatic nitrogens is 3. The van der Waals surface area contributed by atoms with E-state index in [0.717, 1.165) is 11.3 Å². The molecule has 0 unspecified atom stereocenters. The summed E-state index contributed by atoms with van der Waals surface area (Å²) in [6.07, 6.45) is 0. The average Bonchev–Trinajstić information content (AvgIpc) is 2.56. The van der Waals surface area contributed by atoms with Crippen LogP contribution in [0.15, 0.2) is 59.4 Å². The lowest BCUT2D eigenvalue weighted by Crippen LogP contribution is -2.15. The summed E-state index contributed by atoms with van der Waals surface area (Å²) >= 11 is 0. The van der Waals surface area contributed by atoms with Gasteiger partial charge in [0, 0.05) is 17.3 Å². The first-order valence-electron chi connectivity index (χ1n) is 6.70. The van der Waals surface area contributed by atoms with Gasteiger partial charge in [0.25, 0.3) is 5.56 Å². The smallest absolute Gasteiger partial charge is 0.279 e. The number of ether oxygens (including phenoxy) is 1. The number of nitrogens with one attached hydrogen (secondary N) is 2. The van der Waals surface area contributed by atoms with Crippen LogP contribution < -0.4 is 15.6 Å². The molecule has 1 aromatic heterocycles. The Bertz CT molecular complexity index is 831. The number of anilines is 2. The fourth-order valence-corrected chi connectivity index (χ4v) is 2.02. The highest BCUT2D eigenvalue weighted by molar-refractivity contribution is 5.59. The Morgan fingerprint density at radius 2 is 1.86 bits per heavy atom. The van der Waals surface area contributed by atoms with Gasteiger partial charge in [-0.2, -0.15) is 0 Å². The maximum absolute atomic E-state index is 12.1. The molecule has 0 bridgehead atoms. The van der Waals surface area contributed by atoms with E-state index < -0.39 is 0 Å². The van der Waals surface area contributed by atoms with Crippen LogP contribution in [-0.2, 0) is 0 Å². The molecule has 0 saturated heterocycles. The molecular formula is C16H14N4O2. The molecule has 0 spiro atoms. The molecule has 3 aromatic rings. The van der Waals surface area contributed by atoms with Crippen LogP contribution in [0.5, 0.6) is 5.75 Å². The first-order valence-corrected chi connectivity index (χ1v) is 6.70. The Hall–Kier alpha value is -3.15. The highest BCUT2D eigenvalue weighted by Crippen LogP contribution is 2.19. The maximum atomic E-state index is 12.1. The molecule has 6 nitrogen and oxygen atoms in total. The Morgan fingerprint density at radius 1 is 1.05 bits per heavy atom. The third kappa shape index (κ3) is 2.95. The molecule has 0 amide bonds. The maximum Gasteiger partial charge on any atom is 0.279 e. The number of H-pyrrole nitrogens is 1. The van der Waals surface area contributed by atoms with Gasteiger partial charge in [-0.05, 0) is 12.1 Å². The minimum absolute atomic E-state index is 0.276. The molecule has 0 radical (unpaired) electrons. The molecule has 1 heterocycles. The second-order valence-electron chi connectivity index (χ2n) is 4.57. The summed E-state index contributed by atoms with van der Waals surface area (Å²) in [5.41, 5.74) is 1.46. The molecule has 110 valence electrons. The van der Waals surface area contributed by atoms with Crippen LogP contribution in [0.1, 0.15) is 0 Å². The summed E-state index contributed by atoms with van der Waals surface area (Å²) in [7, 11) is 1.59. The highest BCUT2D eigenvalue weighted by Gasteiger charge is 2.07. The lowest BCUT2D eigenvalue weighted by atomic mass is 10.2. The van der Waals surface area contributed by atoms with Crippen molar-refractivity contribution in [3.05, 3.63) is 65.0 Å². The number of hydrogen-bond donors (Lipinski definition) is 2. The van der Waals surface area contributed by atoms with E-state index in [-0.39, 0.29) is 17.2 Å². The van der Waals surface area contributed by atoms with Crippen molar-refractivity contribution in [1.82, 2.24) is 15.2 Å². The van der Waals surface area contributed by atoms with Crippen molar-refractivity contribution in [2.45, 2.75) is 0 Å². The van der Waals surface area contributed by atoms with Crippen LogP contribution in [0.3, 0.4) is 0 Å². The third-order valence-corrected chi connectivity index (χ3v) is 3.08. The molecule has 0 fully saturated rings. The second kappa shape index (κ2) is 6.09. The zero-order valence-electron chi connectivity index (χ0n) is 11.9. The highest BCUT2D eigenvalue weighted by atomic mass is 16.5. The minimum Gasteiger partial charge on any atom is -0.497 e. The fraction of sp³-hybridized carbons (Fsp3) is 0.0625. The van der Waals surface area contributed by atoms with Gasteiger partial charge in [0.15, 0.2) is 5.69 Å². The van der Waals surface area contributed by atoms with Crippen LogP contribution in [0, 0.1) is 0 Å². The van der Waals surface area contributed by atoms with Gasteiger partial charge < -0.3 is 10.1 Å². The van der Waals surface area contributed by atoms with Crippen molar-refractivity contribution < 1.29 is 4.74 Å². The quantitative estimate of drug-likeness (QED) is 0.773. The number of benzene rings is 2. The molecule has 0 aliphatic heterocycles. The average molecular weight is 294 g/mol. The number of methoxy groups -OCH3 is 1. The molecule has 22 heavy (non-hydrogen) atoms. The van der Waals surface area contributed by atoms with E-state index in [1.165, 1.54) is 0 Å². The Labute approximate surface area is 126 Å². The molecular weight excluding hydrogens is 280 g/mol. The lowest BCUT2D eigenvalue weighted by Gasteiger charge is -2.07. The van der Waals surface area contributed by atoms with E-state index in [2.05, 4.69) is 20.5 Å². The van der Waals surface area contributed by atoms with Gasteiger partial charge in [-0.1, -0.05) is 36.4 Å². The Balaban J connectivity index is 1.87. The van der Waals surface area contributed by atoms with E-state index >= 15 is 0 Å². The Kier molecular flexibility index (Phi) is 3.82. The van der Waals surface area contributed by atoms with Gasteiger partial charge >= 0.3 is 0 Å². The van der Waals surface area contributed by atoms with Crippen molar-refractivity contribution in [3.8, 4) is 17.0 Å². The predicted molar refractivity (Wildman–Crippen MR) is 84.4 cm³/mol. The van der Waals surface area contributed by atoms with Crippen LogP contribution in [-0.4, -0.2) is 22.3 Å². The summed E-state index contributed by atoms with van der Waals surface area (Å²) in [5.74, 6) is 0.985. The van der Waals surface area contributed by atoms with E-state index in [0.29, 0.717) is 5.75 Å². The predicted octanol–water partition coefficient (Wildman–Crippen LogP) is 2.58. The standard InChI is InChI=1S/C16H14N4O2/c1-22-13-9-5-8-12(10-13)17-16-18-15(21)14(19-20-16)11-6-3-2-4-7-11/h2-10H,1H3,(H2,17,18,20,21). The van der Waals surface area contributed by atoms with Crippen molar-refractivity contribution in [2.24, 2.45) is 0 Å². The van der Waals surface area contributed by atoms with Crippen LogP contribution >= 0.6 is 0 Å². The third-order valence-electron chi connectivity index (χ3n) is 3.08. The first kappa shape index (κ1) is 13.8. The van der Waals surface area contributed by atoms with E-state index in [9.17, 15) is 4.79 Å². The van der Waals surface area contributed by atoms with Crippen molar-refractivity contribution in [1.29, 1.82) is 0 Å². The van der Waals surface area contributed by atoms with Crippen LogP contribution in [0.25, 0.3) is 11.3 Å². The summed E-state index contributed by atoms with van der Waals surface area (Å²) in [5, 5.41) is 11.0. The fourth-order valence-electron chi connectivity index (χ4n) is 2.02. The SMILES string of the molecule is COc1cccc(Nc2nnc(-c3ccccc3)c(=O)[nH]2)c1. The normalized spacial score (nSPS) is 10.2. The second-order valence-corrected chi connectivity index (χ2v) is 4.57. The topological polar surface area (TPSA) is 79.9 Å².